The molecule has 2 atom stereocenters. The lowest BCUT2D eigenvalue weighted by Gasteiger charge is -2.21. The third-order valence-electron chi connectivity index (χ3n) is 2.51. The Bertz CT molecular complexity index is 472. The second-order valence-corrected chi connectivity index (χ2v) is 6.61. The van der Waals surface area contributed by atoms with Gasteiger partial charge in [-0.15, -0.1) is 0 Å². The molecule has 0 spiro atoms. The van der Waals surface area contributed by atoms with Crippen LogP contribution in [0.4, 0.5) is 4.39 Å². The maximum Gasteiger partial charge on any atom is 0.240 e. The first-order chi connectivity index (χ1) is 8.40. The van der Waals surface area contributed by atoms with Crippen molar-refractivity contribution in [2.45, 2.75) is 23.1 Å². The number of rotatable bonds is 6. The number of benzene rings is 1. The number of aliphatic hydroxyl groups is 1. The quantitative estimate of drug-likeness (QED) is 0.827. The lowest BCUT2D eigenvalue weighted by atomic mass is 10.3. The second kappa shape index (κ2) is 6.51. The van der Waals surface area contributed by atoms with Crippen LogP contribution in [-0.4, -0.2) is 37.7 Å². The van der Waals surface area contributed by atoms with Crippen molar-refractivity contribution < 1.29 is 17.9 Å². The lowest BCUT2D eigenvalue weighted by Crippen LogP contribution is -2.41. The van der Waals surface area contributed by atoms with E-state index in [1.807, 2.05) is 0 Å². The van der Waals surface area contributed by atoms with Crippen LogP contribution < -0.4 is 4.72 Å². The summed E-state index contributed by atoms with van der Waals surface area (Å²) in [6, 6.07) is 4.18. The average Bonchev–Trinajstić information content (AvgIpc) is 2.30. The van der Waals surface area contributed by atoms with E-state index in [-0.39, 0.29) is 16.8 Å². The number of aliphatic hydroxyl groups excluding tert-OH is 1. The summed E-state index contributed by atoms with van der Waals surface area (Å²) in [5.74, 6) is -0.487. The Kier molecular flexibility index (Phi) is 5.58. The summed E-state index contributed by atoms with van der Waals surface area (Å²) in [5.41, 5.74) is 0. The molecule has 102 valence electrons. The van der Waals surface area contributed by atoms with E-state index in [0.29, 0.717) is 0 Å². The van der Waals surface area contributed by atoms with Crippen molar-refractivity contribution in [2.75, 3.05) is 12.9 Å². The van der Waals surface area contributed by atoms with Crippen molar-refractivity contribution in [1.29, 1.82) is 0 Å². The van der Waals surface area contributed by atoms with Gasteiger partial charge in [0, 0.05) is 11.3 Å². The largest absolute Gasteiger partial charge is 0.395 e. The fraction of sp³-hybridized carbons (Fsp3) is 0.455. The van der Waals surface area contributed by atoms with Gasteiger partial charge in [-0.25, -0.2) is 17.5 Å². The van der Waals surface area contributed by atoms with E-state index in [1.165, 1.54) is 23.9 Å². The molecular weight excluding hydrogens is 277 g/mol. The fourth-order valence-corrected chi connectivity index (χ4v) is 3.43. The van der Waals surface area contributed by atoms with Crippen molar-refractivity contribution in [3.8, 4) is 0 Å². The summed E-state index contributed by atoms with van der Waals surface area (Å²) < 4.78 is 39.1. The molecule has 18 heavy (non-hydrogen) atoms. The van der Waals surface area contributed by atoms with Gasteiger partial charge in [0.15, 0.2) is 0 Å². The highest BCUT2D eigenvalue weighted by Crippen LogP contribution is 2.15. The maximum absolute atomic E-state index is 12.7. The highest BCUT2D eigenvalue weighted by Gasteiger charge is 2.22. The van der Waals surface area contributed by atoms with E-state index in [0.717, 1.165) is 12.1 Å². The molecule has 0 bridgehead atoms. The van der Waals surface area contributed by atoms with Gasteiger partial charge in [-0.2, -0.15) is 11.8 Å². The zero-order valence-electron chi connectivity index (χ0n) is 10.1. The first-order valence-electron chi connectivity index (χ1n) is 5.32. The molecule has 0 aliphatic carbocycles. The van der Waals surface area contributed by atoms with Crippen LogP contribution in [0, 0.1) is 5.82 Å². The predicted molar refractivity (Wildman–Crippen MR) is 70.6 cm³/mol. The molecule has 7 heteroatoms. The van der Waals surface area contributed by atoms with Gasteiger partial charge in [-0.05, 0) is 37.4 Å². The standard InChI is InChI=1S/C11H16FNO3S2/c1-8(11(7-14)17-2)13-18(15,16)10-5-3-9(12)4-6-10/h3-6,8,11,13-14H,7H2,1-2H3. The number of sulfonamides is 1. The topological polar surface area (TPSA) is 66.4 Å². The van der Waals surface area contributed by atoms with Crippen molar-refractivity contribution >= 4 is 21.8 Å². The number of hydrogen-bond donors (Lipinski definition) is 2. The first-order valence-corrected chi connectivity index (χ1v) is 8.09. The van der Waals surface area contributed by atoms with Gasteiger partial charge in [0.2, 0.25) is 10.0 Å². The SMILES string of the molecule is CSC(CO)C(C)NS(=O)(=O)c1ccc(F)cc1. The van der Waals surface area contributed by atoms with Crippen molar-refractivity contribution in [2.24, 2.45) is 0 Å². The maximum atomic E-state index is 12.7. The molecule has 1 rings (SSSR count). The predicted octanol–water partition coefficient (Wildman–Crippen LogP) is 1.22. The van der Waals surface area contributed by atoms with Gasteiger partial charge in [0.1, 0.15) is 5.82 Å². The van der Waals surface area contributed by atoms with E-state index >= 15 is 0 Å². The lowest BCUT2D eigenvalue weighted by molar-refractivity contribution is 0.282. The minimum atomic E-state index is -3.68. The third-order valence-corrected chi connectivity index (χ3v) is 5.24. The van der Waals surface area contributed by atoms with Crippen molar-refractivity contribution in [3.63, 3.8) is 0 Å². The van der Waals surface area contributed by atoms with Gasteiger partial charge in [0.25, 0.3) is 0 Å². The Balaban J connectivity index is 2.85. The van der Waals surface area contributed by atoms with E-state index in [2.05, 4.69) is 4.72 Å². The van der Waals surface area contributed by atoms with Crippen LogP contribution in [0.1, 0.15) is 6.92 Å². The summed E-state index contributed by atoms with van der Waals surface area (Å²) in [7, 11) is -3.68. The van der Waals surface area contributed by atoms with Crippen LogP contribution >= 0.6 is 11.8 Å². The van der Waals surface area contributed by atoms with Crippen LogP contribution in [0.2, 0.25) is 0 Å². The molecule has 1 aromatic carbocycles. The minimum Gasteiger partial charge on any atom is -0.395 e. The molecule has 0 aliphatic heterocycles. The molecule has 0 saturated heterocycles. The summed E-state index contributed by atoms with van der Waals surface area (Å²) in [5, 5.41) is 8.87. The Hall–Kier alpha value is -0.630. The Morgan fingerprint density at radius 2 is 1.94 bits per heavy atom. The number of nitrogens with one attached hydrogen (secondary N) is 1. The highest BCUT2D eigenvalue weighted by molar-refractivity contribution is 7.99. The van der Waals surface area contributed by atoms with Crippen LogP contribution in [0.25, 0.3) is 0 Å². The smallest absolute Gasteiger partial charge is 0.240 e. The van der Waals surface area contributed by atoms with E-state index in [4.69, 9.17) is 5.11 Å². The van der Waals surface area contributed by atoms with E-state index in [9.17, 15) is 12.8 Å². The van der Waals surface area contributed by atoms with Crippen molar-refractivity contribution in [3.05, 3.63) is 30.1 Å². The Morgan fingerprint density at radius 3 is 2.39 bits per heavy atom. The van der Waals surface area contributed by atoms with Crippen LogP contribution in [0.15, 0.2) is 29.2 Å². The molecule has 4 nitrogen and oxygen atoms in total. The molecule has 0 heterocycles. The normalized spacial score (nSPS) is 15.3. The van der Waals surface area contributed by atoms with E-state index < -0.39 is 21.9 Å². The molecule has 0 radical (unpaired) electrons. The Labute approximate surface area is 111 Å². The monoisotopic (exact) mass is 293 g/mol. The van der Waals surface area contributed by atoms with Gasteiger partial charge in [-0.1, -0.05) is 0 Å². The molecule has 2 N–H and O–H groups in total. The summed E-state index contributed by atoms with van der Waals surface area (Å²) in [4.78, 5) is 0.00791. The first kappa shape index (κ1) is 15.4. The Morgan fingerprint density at radius 1 is 1.39 bits per heavy atom. The molecule has 0 fully saturated rings. The summed E-state index contributed by atoms with van der Waals surface area (Å²) >= 11 is 1.38. The van der Waals surface area contributed by atoms with Gasteiger partial charge in [-0.3, -0.25) is 0 Å². The number of hydrogen-bond acceptors (Lipinski definition) is 4. The average molecular weight is 293 g/mol. The molecule has 0 aliphatic rings. The summed E-state index contributed by atoms with van der Waals surface area (Å²) in [6.45, 7) is 1.56. The van der Waals surface area contributed by atoms with Crippen LogP contribution in [0.3, 0.4) is 0 Å². The molecular formula is C11H16FNO3S2. The van der Waals surface area contributed by atoms with Crippen LogP contribution in [0.5, 0.6) is 0 Å². The van der Waals surface area contributed by atoms with Gasteiger partial charge < -0.3 is 5.11 Å². The number of halogens is 1. The zero-order chi connectivity index (χ0) is 13.8. The molecule has 0 aromatic heterocycles. The van der Waals surface area contributed by atoms with Gasteiger partial charge >= 0.3 is 0 Å². The van der Waals surface area contributed by atoms with Crippen LogP contribution in [-0.2, 0) is 10.0 Å². The third kappa shape index (κ3) is 3.94. The molecule has 2 unspecified atom stereocenters. The van der Waals surface area contributed by atoms with Crippen molar-refractivity contribution in [1.82, 2.24) is 4.72 Å². The molecule has 1 aromatic rings. The zero-order valence-corrected chi connectivity index (χ0v) is 11.8. The van der Waals surface area contributed by atoms with E-state index in [1.54, 1.807) is 13.2 Å². The minimum absolute atomic E-state index is 0.00791. The second-order valence-electron chi connectivity index (χ2n) is 3.82. The molecule has 0 saturated carbocycles. The summed E-state index contributed by atoms with van der Waals surface area (Å²) in [6.07, 6.45) is 1.80. The van der Waals surface area contributed by atoms with Gasteiger partial charge in [0.05, 0.1) is 11.5 Å². The number of thioether (sulfide) groups is 1. The highest BCUT2D eigenvalue weighted by atomic mass is 32.2. The molecule has 0 amide bonds. The fourth-order valence-electron chi connectivity index (χ4n) is 1.44.